The van der Waals surface area contributed by atoms with Gasteiger partial charge in [-0.3, -0.25) is 0 Å². The molecule has 1 fully saturated rings. The van der Waals surface area contributed by atoms with Crippen LogP contribution in [0.4, 0.5) is 0 Å². The van der Waals surface area contributed by atoms with Crippen molar-refractivity contribution in [2.45, 2.75) is 38.3 Å². The first-order valence-corrected chi connectivity index (χ1v) is 6.74. The van der Waals surface area contributed by atoms with Crippen LogP contribution in [0.15, 0.2) is 24.3 Å². The summed E-state index contributed by atoms with van der Waals surface area (Å²) in [5, 5.41) is 0. The standard InChI is InChI=1S/C15H23NO2/c1-3-18-14-8-11(9-14)10-15(16)12-4-6-13(17-2)7-5-12/h4-7,11,14-15H,3,8-10,16H2,1-2H3. The van der Waals surface area contributed by atoms with Gasteiger partial charge in [-0.15, -0.1) is 0 Å². The molecule has 3 nitrogen and oxygen atoms in total. The molecule has 0 aromatic heterocycles. The fourth-order valence-electron chi connectivity index (χ4n) is 2.59. The Morgan fingerprint density at radius 1 is 1.28 bits per heavy atom. The van der Waals surface area contributed by atoms with E-state index in [1.807, 2.05) is 12.1 Å². The number of ether oxygens (including phenoxy) is 2. The van der Waals surface area contributed by atoms with Crippen molar-refractivity contribution in [1.82, 2.24) is 0 Å². The summed E-state index contributed by atoms with van der Waals surface area (Å²) in [4.78, 5) is 0. The Balaban J connectivity index is 1.79. The van der Waals surface area contributed by atoms with E-state index in [-0.39, 0.29) is 6.04 Å². The molecule has 0 aliphatic heterocycles. The van der Waals surface area contributed by atoms with Gasteiger partial charge in [0.15, 0.2) is 0 Å². The third-order valence-corrected chi connectivity index (χ3v) is 3.73. The normalized spacial score (nSPS) is 24.4. The molecule has 100 valence electrons. The second-order valence-electron chi connectivity index (χ2n) is 5.03. The van der Waals surface area contributed by atoms with Crippen LogP contribution in [-0.2, 0) is 4.74 Å². The Bertz CT molecular complexity index is 357. The van der Waals surface area contributed by atoms with E-state index in [1.54, 1.807) is 7.11 Å². The lowest BCUT2D eigenvalue weighted by molar-refractivity contribution is -0.0282. The van der Waals surface area contributed by atoms with Crippen LogP contribution in [0.3, 0.4) is 0 Å². The minimum atomic E-state index is 0.128. The average molecular weight is 249 g/mol. The summed E-state index contributed by atoms with van der Waals surface area (Å²) < 4.78 is 10.7. The van der Waals surface area contributed by atoms with Gasteiger partial charge in [-0.05, 0) is 49.8 Å². The Morgan fingerprint density at radius 3 is 2.50 bits per heavy atom. The minimum Gasteiger partial charge on any atom is -0.497 e. The highest BCUT2D eigenvalue weighted by molar-refractivity contribution is 5.29. The summed E-state index contributed by atoms with van der Waals surface area (Å²) in [7, 11) is 1.68. The van der Waals surface area contributed by atoms with Gasteiger partial charge in [0.05, 0.1) is 13.2 Å². The van der Waals surface area contributed by atoms with E-state index in [4.69, 9.17) is 15.2 Å². The number of nitrogens with two attached hydrogens (primary N) is 1. The van der Waals surface area contributed by atoms with Crippen LogP contribution in [0.25, 0.3) is 0 Å². The molecule has 1 aliphatic rings. The molecule has 0 bridgehead atoms. The molecule has 0 radical (unpaired) electrons. The maximum atomic E-state index is 6.23. The summed E-state index contributed by atoms with van der Waals surface area (Å²) in [5.74, 6) is 1.60. The van der Waals surface area contributed by atoms with Crippen molar-refractivity contribution in [3.63, 3.8) is 0 Å². The summed E-state index contributed by atoms with van der Waals surface area (Å²) in [6.45, 7) is 2.87. The molecule has 0 heterocycles. The lowest BCUT2D eigenvalue weighted by atomic mass is 9.77. The number of rotatable bonds is 6. The van der Waals surface area contributed by atoms with Gasteiger partial charge in [0.25, 0.3) is 0 Å². The lowest BCUT2D eigenvalue weighted by Gasteiger charge is -2.36. The van der Waals surface area contributed by atoms with Crippen molar-refractivity contribution in [1.29, 1.82) is 0 Å². The summed E-state index contributed by atoms with van der Waals surface area (Å²) in [5.41, 5.74) is 7.43. The fourth-order valence-corrected chi connectivity index (χ4v) is 2.59. The molecule has 2 rings (SSSR count). The van der Waals surface area contributed by atoms with Crippen molar-refractivity contribution < 1.29 is 9.47 Å². The van der Waals surface area contributed by atoms with Crippen molar-refractivity contribution in [2.75, 3.05) is 13.7 Å². The fraction of sp³-hybridized carbons (Fsp3) is 0.600. The monoisotopic (exact) mass is 249 g/mol. The van der Waals surface area contributed by atoms with Gasteiger partial charge in [-0.25, -0.2) is 0 Å². The molecule has 18 heavy (non-hydrogen) atoms. The smallest absolute Gasteiger partial charge is 0.118 e. The van der Waals surface area contributed by atoms with Crippen molar-refractivity contribution >= 4 is 0 Å². The van der Waals surface area contributed by atoms with Crippen LogP contribution < -0.4 is 10.5 Å². The Morgan fingerprint density at radius 2 is 1.94 bits per heavy atom. The van der Waals surface area contributed by atoms with Crippen LogP contribution in [0.1, 0.15) is 37.8 Å². The first-order chi connectivity index (χ1) is 8.72. The first kappa shape index (κ1) is 13.4. The van der Waals surface area contributed by atoms with Crippen molar-refractivity contribution in [3.8, 4) is 5.75 Å². The van der Waals surface area contributed by atoms with E-state index >= 15 is 0 Å². The molecule has 1 unspecified atom stereocenters. The number of hydrogen-bond donors (Lipinski definition) is 1. The third kappa shape index (κ3) is 3.24. The summed E-state index contributed by atoms with van der Waals surface area (Å²) in [6, 6.07) is 8.19. The second kappa shape index (κ2) is 6.21. The van der Waals surface area contributed by atoms with Gasteiger partial charge in [-0.2, -0.15) is 0 Å². The minimum absolute atomic E-state index is 0.128. The largest absolute Gasteiger partial charge is 0.497 e. The molecular formula is C15H23NO2. The maximum absolute atomic E-state index is 6.23. The SMILES string of the molecule is CCOC1CC(CC(N)c2ccc(OC)cc2)C1. The second-order valence-corrected chi connectivity index (χ2v) is 5.03. The van der Waals surface area contributed by atoms with Crippen LogP contribution in [-0.4, -0.2) is 19.8 Å². The quantitative estimate of drug-likeness (QED) is 0.843. The molecule has 1 saturated carbocycles. The Hall–Kier alpha value is -1.06. The van der Waals surface area contributed by atoms with Gasteiger partial charge in [0.2, 0.25) is 0 Å². The highest BCUT2D eigenvalue weighted by atomic mass is 16.5. The highest BCUT2D eigenvalue weighted by Gasteiger charge is 2.30. The van der Waals surface area contributed by atoms with Gasteiger partial charge >= 0.3 is 0 Å². The molecule has 1 aromatic carbocycles. The molecular weight excluding hydrogens is 226 g/mol. The summed E-state index contributed by atoms with van der Waals surface area (Å²) in [6.07, 6.45) is 3.86. The van der Waals surface area contributed by atoms with Gasteiger partial charge in [-0.1, -0.05) is 12.1 Å². The molecule has 0 amide bonds. The van der Waals surface area contributed by atoms with E-state index in [2.05, 4.69) is 19.1 Å². The van der Waals surface area contributed by atoms with E-state index < -0.39 is 0 Å². The Kier molecular flexibility index (Phi) is 4.61. The third-order valence-electron chi connectivity index (χ3n) is 3.73. The van der Waals surface area contributed by atoms with Crippen LogP contribution in [0.5, 0.6) is 5.75 Å². The zero-order valence-electron chi connectivity index (χ0n) is 11.3. The van der Waals surface area contributed by atoms with E-state index in [9.17, 15) is 0 Å². The van der Waals surface area contributed by atoms with Crippen LogP contribution >= 0.6 is 0 Å². The average Bonchev–Trinajstić information content (AvgIpc) is 2.36. The van der Waals surface area contributed by atoms with Crippen LogP contribution in [0, 0.1) is 5.92 Å². The topological polar surface area (TPSA) is 44.5 Å². The predicted molar refractivity (Wildman–Crippen MR) is 72.7 cm³/mol. The highest BCUT2D eigenvalue weighted by Crippen LogP contribution is 2.36. The van der Waals surface area contributed by atoms with E-state index in [1.165, 1.54) is 5.56 Å². The maximum Gasteiger partial charge on any atom is 0.118 e. The molecule has 0 spiro atoms. The van der Waals surface area contributed by atoms with Gasteiger partial charge < -0.3 is 15.2 Å². The van der Waals surface area contributed by atoms with Gasteiger partial charge in [0.1, 0.15) is 5.75 Å². The molecule has 1 aliphatic carbocycles. The van der Waals surface area contributed by atoms with Crippen molar-refractivity contribution in [3.05, 3.63) is 29.8 Å². The zero-order chi connectivity index (χ0) is 13.0. The van der Waals surface area contributed by atoms with Crippen LogP contribution in [0.2, 0.25) is 0 Å². The van der Waals surface area contributed by atoms with E-state index in [0.717, 1.165) is 37.5 Å². The molecule has 0 saturated heterocycles. The van der Waals surface area contributed by atoms with Gasteiger partial charge in [0, 0.05) is 12.6 Å². The summed E-state index contributed by atoms with van der Waals surface area (Å²) >= 11 is 0. The number of benzene rings is 1. The predicted octanol–water partition coefficient (Wildman–Crippen LogP) is 2.90. The number of methoxy groups -OCH3 is 1. The lowest BCUT2D eigenvalue weighted by Crippen LogP contribution is -2.33. The Labute approximate surface area is 109 Å². The zero-order valence-corrected chi connectivity index (χ0v) is 11.3. The van der Waals surface area contributed by atoms with E-state index in [0.29, 0.717) is 6.10 Å². The molecule has 2 N–H and O–H groups in total. The van der Waals surface area contributed by atoms with Crippen molar-refractivity contribution in [2.24, 2.45) is 11.7 Å². The molecule has 1 aromatic rings. The first-order valence-electron chi connectivity index (χ1n) is 6.74. The molecule has 3 heteroatoms. The molecule has 1 atom stereocenters. The number of hydrogen-bond acceptors (Lipinski definition) is 3.